The molecule has 3 rings (SSSR count). The summed E-state index contributed by atoms with van der Waals surface area (Å²) in [6, 6.07) is 7.92. The van der Waals surface area contributed by atoms with E-state index in [1.165, 1.54) is 25.7 Å². The van der Waals surface area contributed by atoms with Crippen LogP contribution in [0, 0.1) is 12.8 Å². The quantitative estimate of drug-likeness (QED) is 0.781. The zero-order valence-corrected chi connectivity index (χ0v) is 17.1. The van der Waals surface area contributed by atoms with Crippen molar-refractivity contribution in [3.05, 3.63) is 35.4 Å². The van der Waals surface area contributed by atoms with Crippen molar-refractivity contribution in [3.63, 3.8) is 0 Å². The van der Waals surface area contributed by atoms with Gasteiger partial charge in [0, 0.05) is 25.0 Å². The van der Waals surface area contributed by atoms with Crippen molar-refractivity contribution >= 4 is 15.9 Å². The number of piperidine rings is 1. The Bertz CT molecular complexity index is 732. The maximum atomic E-state index is 12.8. The average Bonchev–Trinajstić information content (AvgIpc) is 2.92. The highest BCUT2D eigenvalue weighted by molar-refractivity contribution is 7.88. The molecule has 0 bridgehead atoms. The van der Waals surface area contributed by atoms with Gasteiger partial charge in [0.05, 0.1) is 5.75 Å². The zero-order chi connectivity index (χ0) is 19.3. The Morgan fingerprint density at radius 1 is 1.04 bits per heavy atom. The smallest absolute Gasteiger partial charge is 0.223 e. The van der Waals surface area contributed by atoms with Gasteiger partial charge < -0.3 is 5.32 Å². The third-order valence-electron chi connectivity index (χ3n) is 6.02. The molecule has 0 atom stereocenters. The largest absolute Gasteiger partial charge is 0.353 e. The van der Waals surface area contributed by atoms with Gasteiger partial charge in [0.15, 0.2) is 0 Å². The summed E-state index contributed by atoms with van der Waals surface area (Å²) in [6.45, 7) is 2.82. The van der Waals surface area contributed by atoms with E-state index in [2.05, 4.69) is 5.32 Å². The Morgan fingerprint density at radius 3 is 2.30 bits per heavy atom. The topological polar surface area (TPSA) is 66.5 Å². The summed E-state index contributed by atoms with van der Waals surface area (Å²) in [4.78, 5) is 12.6. The molecule has 5 nitrogen and oxygen atoms in total. The first kappa shape index (κ1) is 20.3. The molecule has 0 radical (unpaired) electrons. The maximum Gasteiger partial charge on any atom is 0.223 e. The van der Waals surface area contributed by atoms with Crippen molar-refractivity contribution in [2.24, 2.45) is 5.92 Å². The number of sulfonamides is 1. The summed E-state index contributed by atoms with van der Waals surface area (Å²) in [5.74, 6) is 0.106. The molecule has 1 saturated carbocycles. The van der Waals surface area contributed by atoms with Crippen molar-refractivity contribution in [1.82, 2.24) is 9.62 Å². The third kappa shape index (κ3) is 5.55. The third-order valence-corrected chi connectivity index (χ3v) is 7.85. The highest BCUT2D eigenvalue weighted by Crippen LogP contribution is 2.24. The lowest BCUT2D eigenvalue weighted by Gasteiger charge is -2.31. The van der Waals surface area contributed by atoms with Crippen LogP contribution in [0.1, 0.15) is 62.5 Å². The Kier molecular flexibility index (Phi) is 6.93. The van der Waals surface area contributed by atoms with Gasteiger partial charge in [0.25, 0.3) is 0 Å². The summed E-state index contributed by atoms with van der Waals surface area (Å²) in [5.41, 5.74) is 1.85. The van der Waals surface area contributed by atoms with E-state index in [4.69, 9.17) is 0 Å². The van der Waals surface area contributed by atoms with Crippen LogP contribution >= 0.6 is 0 Å². The number of rotatable bonds is 5. The molecule has 0 unspecified atom stereocenters. The number of aryl methyl sites for hydroxylation is 1. The standard InChI is InChI=1S/C21H32N2O3S/c1-17-8-6-7-9-19(17)16-27(25,26)23-14-12-18(13-15-23)21(24)22-20-10-4-2-3-5-11-20/h6-9,18,20H,2-5,10-16H2,1H3,(H,22,24). The summed E-state index contributed by atoms with van der Waals surface area (Å²) in [6.07, 6.45) is 8.32. The maximum absolute atomic E-state index is 12.8. The average molecular weight is 393 g/mol. The molecule has 1 amide bonds. The molecule has 2 fully saturated rings. The Balaban J connectivity index is 1.51. The first-order valence-electron chi connectivity index (χ1n) is 10.3. The molecular weight excluding hydrogens is 360 g/mol. The van der Waals surface area contributed by atoms with Gasteiger partial charge in [-0.1, -0.05) is 49.9 Å². The summed E-state index contributed by atoms with van der Waals surface area (Å²) >= 11 is 0. The highest BCUT2D eigenvalue weighted by Gasteiger charge is 2.32. The minimum atomic E-state index is -3.34. The van der Waals surface area contributed by atoms with Crippen LogP contribution in [0.25, 0.3) is 0 Å². The van der Waals surface area contributed by atoms with E-state index < -0.39 is 10.0 Å². The van der Waals surface area contributed by atoms with Gasteiger partial charge in [-0.2, -0.15) is 0 Å². The van der Waals surface area contributed by atoms with Crippen molar-refractivity contribution in [2.75, 3.05) is 13.1 Å². The van der Waals surface area contributed by atoms with Crippen LogP contribution < -0.4 is 5.32 Å². The van der Waals surface area contributed by atoms with Gasteiger partial charge >= 0.3 is 0 Å². The molecule has 1 aliphatic heterocycles. The second-order valence-corrected chi connectivity index (χ2v) is 10.0. The summed E-state index contributed by atoms with van der Waals surface area (Å²) in [7, 11) is -3.34. The van der Waals surface area contributed by atoms with E-state index >= 15 is 0 Å². The number of nitrogens with one attached hydrogen (secondary N) is 1. The fraction of sp³-hybridized carbons (Fsp3) is 0.667. The van der Waals surface area contributed by atoms with E-state index in [1.54, 1.807) is 4.31 Å². The Hall–Kier alpha value is -1.40. The molecule has 2 aliphatic rings. The number of benzene rings is 1. The minimum absolute atomic E-state index is 0.0403. The van der Waals surface area contributed by atoms with Crippen LogP contribution in [-0.4, -0.2) is 37.8 Å². The van der Waals surface area contributed by atoms with E-state index in [-0.39, 0.29) is 17.6 Å². The molecular formula is C21H32N2O3S. The van der Waals surface area contributed by atoms with Crippen molar-refractivity contribution in [2.45, 2.75) is 70.1 Å². The predicted octanol–water partition coefficient (Wildman–Crippen LogP) is 3.38. The first-order chi connectivity index (χ1) is 13.0. The van der Waals surface area contributed by atoms with Crippen molar-refractivity contribution < 1.29 is 13.2 Å². The summed E-state index contributed by atoms with van der Waals surface area (Å²) < 4.78 is 27.1. The zero-order valence-electron chi connectivity index (χ0n) is 16.3. The van der Waals surface area contributed by atoms with Gasteiger partial charge in [-0.15, -0.1) is 0 Å². The lowest BCUT2D eigenvalue weighted by atomic mass is 9.96. The second-order valence-electron chi connectivity index (χ2n) is 8.05. The van der Waals surface area contributed by atoms with Gasteiger partial charge in [0.2, 0.25) is 15.9 Å². The normalized spacial score (nSPS) is 20.9. The lowest BCUT2D eigenvalue weighted by molar-refractivity contribution is -0.126. The Labute approximate surface area is 163 Å². The molecule has 1 aromatic rings. The molecule has 150 valence electrons. The Morgan fingerprint density at radius 2 is 1.67 bits per heavy atom. The van der Waals surface area contributed by atoms with Gasteiger partial charge in [-0.05, 0) is 43.7 Å². The number of carbonyl (C=O) groups excluding carboxylic acids is 1. The first-order valence-corrected chi connectivity index (χ1v) is 11.9. The SMILES string of the molecule is Cc1ccccc1CS(=O)(=O)N1CCC(C(=O)NC2CCCCCC2)CC1. The van der Waals surface area contributed by atoms with Gasteiger partial charge in [-0.25, -0.2) is 12.7 Å². The molecule has 1 aromatic carbocycles. The molecule has 1 saturated heterocycles. The number of amides is 1. The molecule has 27 heavy (non-hydrogen) atoms. The van der Waals surface area contributed by atoms with E-state index in [9.17, 15) is 13.2 Å². The fourth-order valence-electron chi connectivity index (χ4n) is 4.20. The fourth-order valence-corrected chi connectivity index (χ4v) is 5.87. The highest BCUT2D eigenvalue weighted by atomic mass is 32.2. The van der Waals surface area contributed by atoms with Crippen LogP contribution in [0.2, 0.25) is 0 Å². The minimum Gasteiger partial charge on any atom is -0.353 e. The monoisotopic (exact) mass is 392 g/mol. The van der Waals surface area contributed by atoms with Crippen molar-refractivity contribution in [1.29, 1.82) is 0 Å². The lowest BCUT2D eigenvalue weighted by Crippen LogP contribution is -2.45. The molecule has 6 heteroatoms. The number of hydrogen-bond acceptors (Lipinski definition) is 3. The van der Waals surface area contributed by atoms with E-state index in [1.807, 2.05) is 31.2 Å². The van der Waals surface area contributed by atoms with Gasteiger partial charge in [-0.3, -0.25) is 4.79 Å². The number of hydrogen-bond donors (Lipinski definition) is 1. The van der Waals surface area contributed by atoms with Gasteiger partial charge in [0.1, 0.15) is 0 Å². The van der Waals surface area contributed by atoms with Crippen LogP contribution in [0.4, 0.5) is 0 Å². The van der Waals surface area contributed by atoms with Crippen LogP contribution in [0.3, 0.4) is 0 Å². The summed E-state index contributed by atoms with van der Waals surface area (Å²) in [5, 5.41) is 3.22. The van der Waals surface area contributed by atoms with Crippen molar-refractivity contribution in [3.8, 4) is 0 Å². The predicted molar refractivity (Wildman–Crippen MR) is 108 cm³/mol. The molecule has 1 N–H and O–H groups in total. The van der Waals surface area contributed by atoms with Crippen LogP contribution in [-0.2, 0) is 20.6 Å². The molecule has 0 aromatic heterocycles. The molecule has 1 aliphatic carbocycles. The van der Waals surface area contributed by atoms with E-state index in [0.29, 0.717) is 32.0 Å². The number of carbonyl (C=O) groups is 1. The number of nitrogens with zero attached hydrogens (tertiary/aromatic N) is 1. The molecule has 1 heterocycles. The van der Waals surface area contributed by atoms with Crippen LogP contribution in [0.5, 0.6) is 0 Å². The molecule has 0 spiro atoms. The van der Waals surface area contributed by atoms with Crippen LogP contribution in [0.15, 0.2) is 24.3 Å². The van der Waals surface area contributed by atoms with E-state index in [0.717, 1.165) is 24.0 Å². The second kappa shape index (κ2) is 9.20.